The van der Waals surface area contributed by atoms with Gasteiger partial charge in [0.2, 0.25) is 11.8 Å². The molecule has 0 radical (unpaired) electrons. The van der Waals surface area contributed by atoms with E-state index in [1.165, 1.54) is 0 Å². The van der Waals surface area contributed by atoms with Gasteiger partial charge in [0.25, 0.3) is 0 Å². The molecule has 1 atom stereocenters. The number of amides is 2. The number of nitrogens with zero attached hydrogens (tertiary/aromatic N) is 1. The largest absolute Gasteiger partial charge is 0.340 e. The first-order valence-corrected chi connectivity index (χ1v) is 7.00. The van der Waals surface area contributed by atoms with Gasteiger partial charge in [-0.15, -0.1) is 0 Å². The fourth-order valence-electron chi connectivity index (χ4n) is 2.43. The van der Waals surface area contributed by atoms with Crippen LogP contribution in [0.25, 0.3) is 0 Å². The molecule has 1 unspecified atom stereocenters. The second-order valence-electron chi connectivity index (χ2n) is 6.48. The van der Waals surface area contributed by atoms with Crippen molar-refractivity contribution in [2.75, 3.05) is 13.1 Å². The zero-order valence-corrected chi connectivity index (χ0v) is 12.3. The Morgan fingerprint density at radius 3 is 2.45 bits per heavy atom. The van der Waals surface area contributed by atoms with Crippen molar-refractivity contribution in [1.82, 2.24) is 10.2 Å². The van der Waals surface area contributed by atoms with Crippen LogP contribution in [-0.4, -0.2) is 29.8 Å². The lowest BCUT2D eigenvalue weighted by molar-refractivity contribution is -0.134. The van der Waals surface area contributed by atoms with Gasteiger partial charge in [-0.1, -0.05) is 51.1 Å². The molecule has 20 heavy (non-hydrogen) atoms. The molecule has 1 fully saturated rings. The van der Waals surface area contributed by atoms with Gasteiger partial charge in [0.1, 0.15) is 6.04 Å². The molecule has 1 aliphatic heterocycles. The monoisotopic (exact) mass is 274 g/mol. The Hall–Kier alpha value is -1.84. The smallest absolute Gasteiger partial charge is 0.249 e. The Balaban J connectivity index is 2.26. The molecule has 4 nitrogen and oxygen atoms in total. The SMILES string of the molecule is CC(C)(C)CN1CCC(=O)NC(c2ccccc2)C1=O. The van der Waals surface area contributed by atoms with Crippen LogP contribution in [0.5, 0.6) is 0 Å². The molecule has 108 valence electrons. The zero-order valence-electron chi connectivity index (χ0n) is 12.3. The van der Waals surface area contributed by atoms with E-state index in [-0.39, 0.29) is 17.2 Å². The molecule has 0 bridgehead atoms. The second-order valence-corrected chi connectivity index (χ2v) is 6.48. The van der Waals surface area contributed by atoms with Crippen molar-refractivity contribution in [3.05, 3.63) is 35.9 Å². The predicted octanol–water partition coefficient (Wildman–Crippen LogP) is 2.12. The molecular formula is C16H22N2O2. The van der Waals surface area contributed by atoms with Gasteiger partial charge in [-0.3, -0.25) is 9.59 Å². The Kier molecular flexibility index (Phi) is 4.12. The third-order valence-electron chi connectivity index (χ3n) is 3.27. The Bertz CT molecular complexity index is 491. The normalized spacial score (nSPS) is 20.6. The number of nitrogens with one attached hydrogen (secondary N) is 1. The Labute approximate surface area is 120 Å². The van der Waals surface area contributed by atoms with Gasteiger partial charge in [-0.25, -0.2) is 0 Å². The van der Waals surface area contributed by atoms with E-state index in [1.54, 1.807) is 4.90 Å². The topological polar surface area (TPSA) is 49.4 Å². The summed E-state index contributed by atoms with van der Waals surface area (Å²) in [6, 6.07) is 8.86. The third kappa shape index (κ3) is 3.59. The molecule has 0 aromatic heterocycles. The summed E-state index contributed by atoms with van der Waals surface area (Å²) in [5.74, 6) is -0.0828. The molecule has 0 aliphatic carbocycles. The maximum Gasteiger partial charge on any atom is 0.249 e. The summed E-state index contributed by atoms with van der Waals surface area (Å²) in [7, 11) is 0. The Morgan fingerprint density at radius 2 is 1.85 bits per heavy atom. The van der Waals surface area contributed by atoms with Crippen molar-refractivity contribution in [1.29, 1.82) is 0 Å². The van der Waals surface area contributed by atoms with Crippen molar-refractivity contribution in [3.8, 4) is 0 Å². The minimum absolute atomic E-state index is 0.0167. The fraction of sp³-hybridized carbons (Fsp3) is 0.500. The van der Waals surface area contributed by atoms with Crippen molar-refractivity contribution in [3.63, 3.8) is 0 Å². The van der Waals surface area contributed by atoms with E-state index in [1.807, 2.05) is 30.3 Å². The van der Waals surface area contributed by atoms with Crippen LogP contribution in [0.15, 0.2) is 30.3 Å². The van der Waals surface area contributed by atoms with E-state index in [0.29, 0.717) is 19.5 Å². The van der Waals surface area contributed by atoms with Gasteiger partial charge in [0, 0.05) is 19.5 Å². The van der Waals surface area contributed by atoms with E-state index < -0.39 is 6.04 Å². The van der Waals surface area contributed by atoms with Crippen LogP contribution in [0.3, 0.4) is 0 Å². The number of carbonyl (C=O) groups excluding carboxylic acids is 2. The summed E-state index contributed by atoms with van der Waals surface area (Å²) < 4.78 is 0. The fourth-order valence-corrected chi connectivity index (χ4v) is 2.43. The third-order valence-corrected chi connectivity index (χ3v) is 3.27. The molecule has 1 saturated heterocycles. The van der Waals surface area contributed by atoms with Gasteiger partial charge in [0.05, 0.1) is 0 Å². The molecule has 1 N–H and O–H groups in total. The Morgan fingerprint density at radius 1 is 1.20 bits per heavy atom. The molecule has 4 heteroatoms. The zero-order chi connectivity index (χ0) is 14.8. The van der Waals surface area contributed by atoms with Crippen molar-refractivity contribution >= 4 is 11.8 Å². The first-order chi connectivity index (χ1) is 9.37. The highest BCUT2D eigenvalue weighted by atomic mass is 16.2. The van der Waals surface area contributed by atoms with Crippen molar-refractivity contribution in [2.45, 2.75) is 33.2 Å². The average molecular weight is 274 g/mol. The highest BCUT2D eigenvalue weighted by Crippen LogP contribution is 2.22. The summed E-state index contributed by atoms with van der Waals surface area (Å²) in [5.41, 5.74) is 0.858. The first-order valence-electron chi connectivity index (χ1n) is 7.00. The van der Waals surface area contributed by atoms with Gasteiger partial charge in [-0.2, -0.15) is 0 Å². The lowest BCUT2D eigenvalue weighted by atomic mass is 9.95. The van der Waals surface area contributed by atoms with Gasteiger partial charge < -0.3 is 10.2 Å². The molecule has 1 aromatic carbocycles. The standard InChI is InChI=1S/C16H22N2O2/c1-16(2,3)11-18-10-9-13(19)17-14(15(18)20)12-7-5-4-6-8-12/h4-8,14H,9-11H2,1-3H3,(H,17,19). The minimum atomic E-state index is -0.562. The molecule has 1 aliphatic rings. The molecule has 1 heterocycles. The highest BCUT2D eigenvalue weighted by molar-refractivity contribution is 5.90. The van der Waals surface area contributed by atoms with E-state index in [0.717, 1.165) is 5.56 Å². The van der Waals surface area contributed by atoms with Gasteiger partial charge >= 0.3 is 0 Å². The van der Waals surface area contributed by atoms with E-state index >= 15 is 0 Å². The van der Waals surface area contributed by atoms with E-state index in [2.05, 4.69) is 26.1 Å². The lowest BCUT2D eigenvalue weighted by Gasteiger charge is -2.30. The highest BCUT2D eigenvalue weighted by Gasteiger charge is 2.32. The van der Waals surface area contributed by atoms with Crippen molar-refractivity contribution < 1.29 is 9.59 Å². The van der Waals surface area contributed by atoms with Crippen molar-refractivity contribution in [2.24, 2.45) is 5.41 Å². The molecule has 0 saturated carbocycles. The average Bonchev–Trinajstić information content (AvgIpc) is 2.51. The molecule has 2 amide bonds. The van der Waals surface area contributed by atoms with Crippen LogP contribution in [0, 0.1) is 5.41 Å². The number of hydrogen-bond donors (Lipinski definition) is 1. The summed E-state index contributed by atoms with van der Waals surface area (Å²) in [4.78, 5) is 26.3. The summed E-state index contributed by atoms with van der Waals surface area (Å²) in [6.07, 6.45) is 0.366. The number of carbonyl (C=O) groups is 2. The molecule has 2 rings (SSSR count). The summed E-state index contributed by atoms with van der Waals surface area (Å²) >= 11 is 0. The summed E-state index contributed by atoms with van der Waals surface area (Å²) in [6.45, 7) is 7.43. The van der Waals surface area contributed by atoms with Crippen LogP contribution in [-0.2, 0) is 9.59 Å². The molecule has 1 aromatic rings. The number of rotatable bonds is 2. The first kappa shape index (κ1) is 14.6. The van der Waals surface area contributed by atoms with Crippen LogP contribution >= 0.6 is 0 Å². The van der Waals surface area contributed by atoms with E-state index in [4.69, 9.17) is 0 Å². The second kappa shape index (κ2) is 5.65. The summed E-state index contributed by atoms with van der Waals surface area (Å²) in [5, 5.41) is 2.83. The van der Waals surface area contributed by atoms with Crippen LogP contribution in [0.1, 0.15) is 38.8 Å². The van der Waals surface area contributed by atoms with E-state index in [9.17, 15) is 9.59 Å². The molecular weight excluding hydrogens is 252 g/mol. The van der Waals surface area contributed by atoms with Crippen LogP contribution in [0.4, 0.5) is 0 Å². The van der Waals surface area contributed by atoms with Gasteiger partial charge in [-0.05, 0) is 11.0 Å². The number of hydrogen-bond acceptors (Lipinski definition) is 2. The minimum Gasteiger partial charge on any atom is -0.340 e. The predicted molar refractivity (Wildman–Crippen MR) is 78.0 cm³/mol. The van der Waals surface area contributed by atoms with Crippen LogP contribution < -0.4 is 5.32 Å². The maximum atomic E-state index is 12.7. The molecule has 0 spiro atoms. The maximum absolute atomic E-state index is 12.7. The lowest BCUT2D eigenvalue weighted by Crippen LogP contribution is -2.42. The quantitative estimate of drug-likeness (QED) is 0.898. The van der Waals surface area contributed by atoms with Crippen LogP contribution in [0.2, 0.25) is 0 Å². The number of benzene rings is 1. The van der Waals surface area contributed by atoms with Gasteiger partial charge in [0.15, 0.2) is 0 Å².